The predicted octanol–water partition coefficient (Wildman–Crippen LogP) is 2.59. The number of rotatable bonds is 7. The second-order valence-corrected chi connectivity index (χ2v) is 6.74. The zero-order valence-electron chi connectivity index (χ0n) is 14.5. The zero-order valence-corrected chi connectivity index (χ0v) is 15.4. The van der Waals surface area contributed by atoms with Crippen LogP contribution in [0.4, 0.5) is 0 Å². The van der Waals surface area contributed by atoms with E-state index in [1.54, 1.807) is 11.3 Å². The number of hydrogen-bond acceptors (Lipinski definition) is 4. The lowest BCUT2D eigenvalue weighted by molar-refractivity contribution is 0.187. The quantitative estimate of drug-likeness (QED) is 0.532. The van der Waals surface area contributed by atoms with Gasteiger partial charge in [-0.15, -0.1) is 11.3 Å². The van der Waals surface area contributed by atoms with Crippen molar-refractivity contribution in [3.8, 4) is 0 Å². The van der Waals surface area contributed by atoms with Gasteiger partial charge in [0.15, 0.2) is 5.96 Å². The minimum Gasteiger partial charge on any atom is -0.386 e. The maximum Gasteiger partial charge on any atom is 0.191 e. The SMILES string of the molecule is CCNC(=NCC(O)c1ccc(C)cc1)NCCc1csc(C)n1. The van der Waals surface area contributed by atoms with E-state index in [-0.39, 0.29) is 0 Å². The van der Waals surface area contributed by atoms with Crippen molar-refractivity contribution in [1.82, 2.24) is 15.6 Å². The molecule has 24 heavy (non-hydrogen) atoms. The molecular weight excluding hydrogens is 320 g/mol. The van der Waals surface area contributed by atoms with Crippen LogP contribution in [0.15, 0.2) is 34.6 Å². The Kier molecular flexibility index (Phi) is 7.21. The first-order valence-corrected chi connectivity index (χ1v) is 9.14. The summed E-state index contributed by atoms with van der Waals surface area (Å²) in [6, 6.07) is 7.89. The molecule has 0 radical (unpaired) electrons. The third-order valence-electron chi connectivity index (χ3n) is 3.57. The van der Waals surface area contributed by atoms with Crippen LogP contribution in [0.1, 0.15) is 34.9 Å². The van der Waals surface area contributed by atoms with Gasteiger partial charge in [0.2, 0.25) is 0 Å². The van der Waals surface area contributed by atoms with Crippen LogP contribution in [-0.4, -0.2) is 35.7 Å². The van der Waals surface area contributed by atoms with Crippen molar-refractivity contribution in [1.29, 1.82) is 0 Å². The van der Waals surface area contributed by atoms with Crippen LogP contribution in [0.3, 0.4) is 0 Å². The van der Waals surface area contributed by atoms with E-state index in [0.29, 0.717) is 6.54 Å². The highest BCUT2D eigenvalue weighted by Crippen LogP contribution is 2.13. The van der Waals surface area contributed by atoms with Gasteiger partial charge in [-0.1, -0.05) is 29.8 Å². The summed E-state index contributed by atoms with van der Waals surface area (Å²) in [5.41, 5.74) is 3.17. The van der Waals surface area contributed by atoms with Crippen LogP contribution in [0.25, 0.3) is 0 Å². The van der Waals surface area contributed by atoms with Crippen molar-refractivity contribution in [2.75, 3.05) is 19.6 Å². The van der Waals surface area contributed by atoms with Crippen LogP contribution < -0.4 is 10.6 Å². The number of nitrogens with one attached hydrogen (secondary N) is 2. The topological polar surface area (TPSA) is 69.5 Å². The molecule has 130 valence electrons. The molecule has 1 atom stereocenters. The van der Waals surface area contributed by atoms with Gasteiger partial charge in [0, 0.05) is 24.9 Å². The average molecular weight is 347 g/mol. The molecule has 0 amide bonds. The van der Waals surface area contributed by atoms with Gasteiger partial charge >= 0.3 is 0 Å². The molecule has 0 saturated heterocycles. The summed E-state index contributed by atoms with van der Waals surface area (Å²) in [5, 5.41) is 19.9. The number of hydrogen-bond donors (Lipinski definition) is 3. The van der Waals surface area contributed by atoms with E-state index in [9.17, 15) is 5.11 Å². The second kappa shape index (κ2) is 9.39. The van der Waals surface area contributed by atoms with Gasteiger partial charge in [0.1, 0.15) is 0 Å². The molecule has 1 heterocycles. The number of aliphatic imine (C=N–C) groups is 1. The number of benzene rings is 1. The lowest BCUT2D eigenvalue weighted by Gasteiger charge is -2.13. The third-order valence-corrected chi connectivity index (χ3v) is 4.39. The monoisotopic (exact) mass is 346 g/mol. The molecule has 0 fully saturated rings. The van der Waals surface area contributed by atoms with Gasteiger partial charge in [-0.3, -0.25) is 4.99 Å². The van der Waals surface area contributed by atoms with Crippen LogP contribution in [-0.2, 0) is 6.42 Å². The summed E-state index contributed by atoms with van der Waals surface area (Å²) in [6.45, 7) is 7.94. The molecule has 0 saturated carbocycles. The molecule has 1 unspecified atom stereocenters. The molecule has 5 nitrogen and oxygen atoms in total. The first-order chi connectivity index (χ1) is 11.6. The molecule has 2 aromatic rings. The maximum absolute atomic E-state index is 10.3. The van der Waals surface area contributed by atoms with Crippen molar-refractivity contribution in [2.45, 2.75) is 33.3 Å². The third kappa shape index (κ3) is 5.94. The highest BCUT2D eigenvalue weighted by molar-refractivity contribution is 7.09. The molecule has 0 spiro atoms. The van der Waals surface area contributed by atoms with Gasteiger partial charge in [0.25, 0.3) is 0 Å². The normalized spacial score (nSPS) is 12.9. The summed E-state index contributed by atoms with van der Waals surface area (Å²) in [7, 11) is 0. The molecule has 6 heteroatoms. The number of aliphatic hydroxyl groups excluding tert-OH is 1. The highest BCUT2D eigenvalue weighted by atomic mass is 32.1. The maximum atomic E-state index is 10.3. The van der Waals surface area contributed by atoms with Crippen molar-refractivity contribution in [3.05, 3.63) is 51.5 Å². The standard InChI is InChI=1S/C18H26N4OS/c1-4-19-18(20-10-9-16-12-24-14(3)22-16)21-11-17(23)15-7-5-13(2)6-8-15/h5-8,12,17,23H,4,9-11H2,1-3H3,(H2,19,20,21). The van der Waals surface area contributed by atoms with Gasteiger partial charge in [-0.05, 0) is 26.3 Å². The van der Waals surface area contributed by atoms with Gasteiger partial charge < -0.3 is 15.7 Å². The van der Waals surface area contributed by atoms with Crippen LogP contribution in [0.5, 0.6) is 0 Å². The summed E-state index contributed by atoms with van der Waals surface area (Å²) in [6.07, 6.45) is 0.261. The van der Waals surface area contributed by atoms with E-state index >= 15 is 0 Å². The van der Waals surface area contributed by atoms with Gasteiger partial charge in [0.05, 0.1) is 23.4 Å². The molecule has 0 bridgehead atoms. The number of guanidine groups is 1. The van der Waals surface area contributed by atoms with Crippen molar-refractivity contribution in [3.63, 3.8) is 0 Å². The second-order valence-electron chi connectivity index (χ2n) is 5.68. The lowest BCUT2D eigenvalue weighted by atomic mass is 10.1. The number of nitrogens with zero attached hydrogens (tertiary/aromatic N) is 2. The number of aliphatic hydroxyl groups is 1. The molecule has 1 aromatic heterocycles. The number of thiazole rings is 1. The Morgan fingerprint density at radius 1 is 1.25 bits per heavy atom. The van der Waals surface area contributed by atoms with E-state index < -0.39 is 6.10 Å². The average Bonchev–Trinajstić information content (AvgIpc) is 2.98. The first-order valence-electron chi connectivity index (χ1n) is 8.26. The summed E-state index contributed by atoms with van der Waals surface area (Å²) < 4.78 is 0. The van der Waals surface area contributed by atoms with Crippen LogP contribution in [0.2, 0.25) is 0 Å². The molecule has 2 rings (SSSR count). The smallest absolute Gasteiger partial charge is 0.191 e. The molecular formula is C18H26N4OS. The first kappa shape index (κ1) is 18.4. The number of aromatic nitrogens is 1. The van der Waals surface area contributed by atoms with Gasteiger partial charge in [-0.25, -0.2) is 4.98 Å². The van der Waals surface area contributed by atoms with E-state index in [4.69, 9.17) is 0 Å². The summed E-state index contributed by atoms with van der Waals surface area (Å²) in [4.78, 5) is 8.93. The Hall–Kier alpha value is -1.92. The minimum absolute atomic E-state index is 0.328. The fraction of sp³-hybridized carbons (Fsp3) is 0.444. The molecule has 0 aliphatic heterocycles. The van der Waals surface area contributed by atoms with E-state index in [0.717, 1.165) is 41.7 Å². The minimum atomic E-state index is -0.595. The van der Waals surface area contributed by atoms with Crippen molar-refractivity contribution >= 4 is 17.3 Å². The number of aryl methyl sites for hydroxylation is 2. The molecule has 3 N–H and O–H groups in total. The van der Waals surface area contributed by atoms with E-state index in [1.165, 1.54) is 5.56 Å². The van der Waals surface area contributed by atoms with Crippen molar-refractivity contribution < 1.29 is 5.11 Å². The van der Waals surface area contributed by atoms with E-state index in [1.807, 2.05) is 45.0 Å². The Labute approximate surface area is 147 Å². The van der Waals surface area contributed by atoms with E-state index in [2.05, 4.69) is 26.0 Å². The Morgan fingerprint density at radius 2 is 2.00 bits per heavy atom. The van der Waals surface area contributed by atoms with Crippen LogP contribution in [0, 0.1) is 13.8 Å². The predicted molar refractivity (Wildman–Crippen MR) is 101 cm³/mol. The van der Waals surface area contributed by atoms with Crippen LogP contribution >= 0.6 is 11.3 Å². The molecule has 0 aliphatic carbocycles. The zero-order chi connectivity index (χ0) is 17.4. The van der Waals surface area contributed by atoms with Gasteiger partial charge in [-0.2, -0.15) is 0 Å². The fourth-order valence-corrected chi connectivity index (χ4v) is 2.89. The molecule has 1 aromatic carbocycles. The lowest BCUT2D eigenvalue weighted by Crippen LogP contribution is -2.38. The largest absolute Gasteiger partial charge is 0.386 e. The van der Waals surface area contributed by atoms with Crippen molar-refractivity contribution in [2.24, 2.45) is 4.99 Å². The Balaban J connectivity index is 1.86. The fourth-order valence-electron chi connectivity index (χ4n) is 2.25. The highest BCUT2D eigenvalue weighted by Gasteiger charge is 2.07. The Bertz CT molecular complexity index is 651. The summed E-state index contributed by atoms with van der Waals surface area (Å²) in [5.74, 6) is 0.718. The Morgan fingerprint density at radius 3 is 2.62 bits per heavy atom. The summed E-state index contributed by atoms with van der Waals surface area (Å²) >= 11 is 1.67. The molecule has 0 aliphatic rings.